The molecule has 0 radical (unpaired) electrons. The van der Waals surface area contributed by atoms with Gasteiger partial charge in [-0.2, -0.15) is 0 Å². The second-order valence-corrected chi connectivity index (χ2v) is 3.90. The van der Waals surface area contributed by atoms with Gasteiger partial charge in [0.25, 0.3) is 0 Å². The van der Waals surface area contributed by atoms with Gasteiger partial charge in [-0.05, 0) is 18.3 Å². The molecular formula is C8H11NO3. The average Bonchev–Trinajstić information content (AvgIpc) is 2.27. The fourth-order valence-corrected chi connectivity index (χ4v) is 2.20. The zero-order chi connectivity index (χ0) is 8.77. The quantitative estimate of drug-likeness (QED) is 0.580. The van der Waals surface area contributed by atoms with Gasteiger partial charge in [0.1, 0.15) is 0 Å². The van der Waals surface area contributed by atoms with Gasteiger partial charge >= 0.3 is 5.97 Å². The van der Waals surface area contributed by atoms with Gasteiger partial charge in [0.15, 0.2) is 0 Å². The number of amides is 1. The van der Waals surface area contributed by atoms with Gasteiger partial charge in [-0.1, -0.05) is 0 Å². The highest BCUT2D eigenvalue weighted by atomic mass is 16.4. The van der Waals surface area contributed by atoms with Crippen LogP contribution < -0.4 is 5.32 Å². The van der Waals surface area contributed by atoms with Gasteiger partial charge in [0.2, 0.25) is 5.91 Å². The van der Waals surface area contributed by atoms with E-state index >= 15 is 0 Å². The molecule has 1 saturated heterocycles. The lowest BCUT2D eigenvalue weighted by atomic mass is 9.61. The van der Waals surface area contributed by atoms with E-state index in [0.29, 0.717) is 25.8 Å². The summed E-state index contributed by atoms with van der Waals surface area (Å²) in [6, 6.07) is 0. The molecule has 1 saturated carbocycles. The summed E-state index contributed by atoms with van der Waals surface area (Å²) in [5, 5.41) is 11.4. The Balaban J connectivity index is 1.95. The van der Waals surface area contributed by atoms with Gasteiger partial charge in [0.05, 0.1) is 5.92 Å². The number of carboxylic acid groups (broad SMARTS) is 1. The second-order valence-electron chi connectivity index (χ2n) is 3.90. The monoisotopic (exact) mass is 169 g/mol. The van der Waals surface area contributed by atoms with E-state index in [1.54, 1.807) is 0 Å². The first-order chi connectivity index (χ1) is 5.61. The van der Waals surface area contributed by atoms with Gasteiger partial charge in [0, 0.05) is 13.0 Å². The summed E-state index contributed by atoms with van der Waals surface area (Å²) in [5.41, 5.74) is 0.000139. The smallest absolute Gasteiger partial charge is 0.306 e. The van der Waals surface area contributed by atoms with E-state index in [4.69, 9.17) is 5.11 Å². The van der Waals surface area contributed by atoms with E-state index in [-0.39, 0.29) is 17.2 Å². The van der Waals surface area contributed by atoms with Crippen LogP contribution >= 0.6 is 0 Å². The molecule has 2 aliphatic rings. The van der Waals surface area contributed by atoms with E-state index < -0.39 is 5.97 Å². The topological polar surface area (TPSA) is 66.4 Å². The van der Waals surface area contributed by atoms with E-state index in [0.717, 1.165) is 0 Å². The number of aliphatic carboxylic acids is 1. The zero-order valence-corrected chi connectivity index (χ0v) is 6.67. The normalized spacial score (nSPS) is 39.3. The van der Waals surface area contributed by atoms with E-state index in [9.17, 15) is 9.59 Å². The molecule has 1 amide bonds. The summed E-state index contributed by atoms with van der Waals surface area (Å²) in [6.07, 6.45) is 1.86. The number of carboxylic acids is 1. The summed E-state index contributed by atoms with van der Waals surface area (Å²) in [5.74, 6) is -0.864. The lowest BCUT2D eigenvalue weighted by Gasteiger charge is -2.41. The first kappa shape index (κ1) is 7.58. The first-order valence-electron chi connectivity index (χ1n) is 4.11. The van der Waals surface area contributed by atoms with Crippen molar-refractivity contribution in [3.8, 4) is 0 Å². The molecule has 4 nitrogen and oxygen atoms in total. The Kier molecular flexibility index (Phi) is 1.40. The second kappa shape index (κ2) is 2.21. The third-order valence-corrected chi connectivity index (χ3v) is 2.90. The number of hydrogen-bond acceptors (Lipinski definition) is 2. The Labute approximate surface area is 69.9 Å². The zero-order valence-electron chi connectivity index (χ0n) is 6.67. The molecule has 0 aromatic rings. The van der Waals surface area contributed by atoms with Gasteiger partial charge in [-0.15, -0.1) is 0 Å². The molecule has 0 aromatic carbocycles. The highest BCUT2D eigenvalue weighted by Gasteiger charge is 2.51. The summed E-state index contributed by atoms with van der Waals surface area (Å²) >= 11 is 0. The highest BCUT2D eigenvalue weighted by Crippen LogP contribution is 2.49. The van der Waals surface area contributed by atoms with E-state index in [1.807, 2.05) is 0 Å². The van der Waals surface area contributed by atoms with Crippen LogP contribution in [0.2, 0.25) is 0 Å². The fourth-order valence-electron chi connectivity index (χ4n) is 2.20. The van der Waals surface area contributed by atoms with Crippen molar-refractivity contribution in [2.45, 2.75) is 19.3 Å². The van der Waals surface area contributed by atoms with Crippen LogP contribution in [-0.2, 0) is 9.59 Å². The highest BCUT2D eigenvalue weighted by molar-refractivity contribution is 5.80. The van der Waals surface area contributed by atoms with Crippen molar-refractivity contribution < 1.29 is 14.7 Å². The van der Waals surface area contributed by atoms with Crippen LogP contribution in [-0.4, -0.2) is 23.5 Å². The van der Waals surface area contributed by atoms with Crippen LogP contribution in [0.4, 0.5) is 0 Å². The molecular weight excluding hydrogens is 158 g/mol. The molecule has 1 spiro atoms. The number of carbonyl (C=O) groups is 2. The average molecular weight is 169 g/mol. The summed E-state index contributed by atoms with van der Waals surface area (Å²) < 4.78 is 0. The fraction of sp³-hybridized carbons (Fsp3) is 0.750. The van der Waals surface area contributed by atoms with Crippen molar-refractivity contribution in [2.75, 3.05) is 6.54 Å². The number of hydrogen-bond donors (Lipinski definition) is 2. The lowest BCUT2D eigenvalue weighted by Crippen LogP contribution is -2.42. The number of carbonyl (C=O) groups excluding carboxylic acids is 1. The molecule has 0 atom stereocenters. The van der Waals surface area contributed by atoms with Crippen molar-refractivity contribution in [1.29, 1.82) is 0 Å². The van der Waals surface area contributed by atoms with Crippen molar-refractivity contribution in [3.05, 3.63) is 0 Å². The van der Waals surface area contributed by atoms with E-state index in [1.165, 1.54) is 0 Å². The first-order valence-corrected chi connectivity index (χ1v) is 4.11. The molecule has 2 rings (SSSR count). The molecule has 2 N–H and O–H groups in total. The predicted octanol–water partition coefficient (Wildman–Crippen LogP) is -0.0127. The summed E-state index contributed by atoms with van der Waals surface area (Å²) in [7, 11) is 0. The number of rotatable bonds is 1. The molecule has 1 heterocycles. The van der Waals surface area contributed by atoms with Crippen LogP contribution in [0.15, 0.2) is 0 Å². The maximum atomic E-state index is 10.9. The third-order valence-electron chi connectivity index (χ3n) is 2.90. The molecule has 12 heavy (non-hydrogen) atoms. The van der Waals surface area contributed by atoms with Crippen molar-refractivity contribution >= 4 is 11.9 Å². The Bertz CT molecular complexity index is 243. The molecule has 1 aliphatic carbocycles. The summed E-state index contributed by atoms with van der Waals surface area (Å²) in [4.78, 5) is 21.4. The van der Waals surface area contributed by atoms with Gasteiger partial charge < -0.3 is 10.4 Å². The Hall–Kier alpha value is -1.06. The van der Waals surface area contributed by atoms with Gasteiger partial charge in [-0.25, -0.2) is 0 Å². The Morgan fingerprint density at radius 1 is 1.58 bits per heavy atom. The Morgan fingerprint density at radius 2 is 2.25 bits per heavy atom. The molecule has 2 fully saturated rings. The third kappa shape index (κ3) is 0.983. The van der Waals surface area contributed by atoms with Crippen LogP contribution in [0.1, 0.15) is 19.3 Å². The van der Waals surface area contributed by atoms with Crippen LogP contribution in [0, 0.1) is 11.3 Å². The predicted molar refractivity (Wildman–Crippen MR) is 40.4 cm³/mol. The van der Waals surface area contributed by atoms with Crippen molar-refractivity contribution in [3.63, 3.8) is 0 Å². The maximum absolute atomic E-state index is 10.9. The lowest BCUT2D eigenvalue weighted by molar-refractivity contribution is -0.150. The van der Waals surface area contributed by atoms with Crippen molar-refractivity contribution in [1.82, 2.24) is 5.32 Å². The maximum Gasteiger partial charge on any atom is 0.306 e. The van der Waals surface area contributed by atoms with E-state index in [2.05, 4.69) is 5.32 Å². The minimum absolute atomic E-state index is 0.000139. The number of nitrogens with one attached hydrogen (secondary N) is 1. The van der Waals surface area contributed by atoms with Crippen molar-refractivity contribution in [2.24, 2.45) is 11.3 Å². The van der Waals surface area contributed by atoms with Gasteiger partial charge in [-0.3, -0.25) is 9.59 Å². The standard InChI is InChI=1S/C8H11NO3/c10-6-3-8(4-9-6)1-5(2-8)7(11)12/h5H,1-4H2,(H,9,10)(H,11,12). The largest absolute Gasteiger partial charge is 0.481 e. The molecule has 1 aliphatic heterocycles. The van der Waals surface area contributed by atoms with Crippen LogP contribution in [0.3, 0.4) is 0 Å². The van der Waals surface area contributed by atoms with Crippen LogP contribution in [0.5, 0.6) is 0 Å². The summed E-state index contributed by atoms with van der Waals surface area (Å²) in [6.45, 7) is 0.676. The minimum Gasteiger partial charge on any atom is -0.481 e. The molecule has 4 heteroatoms. The molecule has 0 bridgehead atoms. The molecule has 66 valence electrons. The molecule has 0 unspecified atom stereocenters. The van der Waals surface area contributed by atoms with Crippen LogP contribution in [0.25, 0.3) is 0 Å². The SMILES string of the molecule is O=C1CC2(CN1)CC(C(=O)O)C2. The Morgan fingerprint density at radius 3 is 2.67 bits per heavy atom. The molecule has 0 aromatic heterocycles. The minimum atomic E-state index is -0.722.